The number of ether oxygens (including phenoxy) is 1. The molecule has 1 aliphatic rings. The van der Waals surface area contributed by atoms with Crippen LogP contribution >= 0.6 is 0 Å². The zero-order valence-corrected chi connectivity index (χ0v) is 5.62. The van der Waals surface area contributed by atoms with Crippen molar-refractivity contribution in [3.8, 4) is 0 Å². The maximum Gasteiger partial charge on any atom is 0.250 e. The van der Waals surface area contributed by atoms with Gasteiger partial charge in [0, 0.05) is 6.20 Å². The predicted molar refractivity (Wildman–Crippen MR) is 37.0 cm³/mol. The molecule has 0 spiro atoms. The Morgan fingerprint density at radius 3 is 3.10 bits per heavy atom. The van der Waals surface area contributed by atoms with Crippen molar-refractivity contribution in [1.82, 2.24) is 4.90 Å². The van der Waals surface area contributed by atoms with Crippen LogP contribution in [0, 0.1) is 0 Å². The summed E-state index contributed by atoms with van der Waals surface area (Å²) in [4.78, 5) is 12.4. The first-order valence-corrected chi connectivity index (χ1v) is 3.06. The summed E-state index contributed by atoms with van der Waals surface area (Å²) in [6.07, 6.45) is 4.40. The van der Waals surface area contributed by atoms with Crippen LogP contribution in [0.1, 0.15) is 0 Å². The maximum absolute atomic E-state index is 10.9. The van der Waals surface area contributed by atoms with E-state index in [-0.39, 0.29) is 5.91 Å². The average molecular weight is 139 g/mol. The van der Waals surface area contributed by atoms with E-state index in [1.54, 1.807) is 11.1 Å². The second-order valence-corrected chi connectivity index (χ2v) is 1.89. The molecule has 0 aromatic rings. The molecule has 0 aromatic carbocycles. The van der Waals surface area contributed by atoms with Crippen molar-refractivity contribution in [2.45, 2.75) is 0 Å². The Hall–Kier alpha value is -1.25. The molecule has 0 saturated heterocycles. The van der Waals surface area contributed by atoms with Gasteiger partial charge >= 0.3 is 0 Å². The third-order valence-corrected chi connectivity index (χ3v) is 1.24. The fourth-order valence-electron chi connectivity index (χ4n) is 0.711. The summed E-state index contributed by atoms with van der Waals surface area (Å²) in [5, 5.41) is 0. The van der Waals surface area contributed by atoms with Crippen LogP contribution in [-0.2, 0) is 9.53 Å². The summed E-state index contributed by atoms with van der Waals surface area (Å²) >= 11 is 0. The van der Waals surface area contributed by atoms with Crippen LogP contribution in [0.25, 0.3) is 0 Å². The summed E-state index contributed by atoms with van der Waals surface area (Å²) in [6, 6.07) is 0. The monoisotopic (exact) mass is 139 g/mol. The van der Waals surface area contributed by atoms with Gasteiger partial charge in [-0.05, 0) is 6.08 Å². The van der Waals surface area contributed by atoms with Crippen LogP contribution in [0.5, 0.6) is 0 Å². The third kappa shape index (κ3) is 1.37. The van der Waals surface area contributed by atoms with E-state index in [9.17, 15) is 4.79 Å². The molecule has 54 valence electrons. The average Bonchev–Trinajstić information content (AvgIpc) is 2.05. The number of carbonyl (C=O) groups is 1. The first kappa shape index (κ1) is 6.86. The molecule has 0 aromatic heterocycles. The van der Waals surface area contributed by atoms with Gasteiger partial charge in [-0.2, -0.15) is 0 Å². The molecule has 0 unspecified atom stereocenters. The van der Waals surface area contributed by atoms with Crippen molar-refractivity contribution < 1.29 is 9.53 Å². The number of nitrogens with zero attached hydrogens (tertiary/aromatic N) is 1. The molecule has 10 heavy (non-hydrogen) atoms. The van der Waals surface area contributed by atoms with Crippen molar-refractivity contribution in [3.63, 3.8) is 0 Å². The van der Waals surface area contributed by atoms with E-state index in [0.29, 0.717) is 13.2 Å². The van der Waals surface area contributed by atoms with E-state index in [4.69, 9.17) is 4.74 Å². The smallest absolute Gasteiger partial charge is 0.250 e. The lowest BCUT2D eigenvalue weighted by atomic mass is 10.4. The van der Waals surface area contributed by atoms with E-state index in [1.807, 2.05) is 0 Å². The highest BCUT2D eigenvalue weighted by Gasteiger charge is 2.08. The number of amides is 1. The molecule has 1 aliphatic heterocycles. The SMILES string of the molecule is C=CC(=O)N1C=COCC1. The van der Waals surface area contributed by atoms with Gasteiger partial charge in [-0.25, -0.2) is 0 Å². The third-order valence-electron chi connectivity index (χ3n) is 1.24. The first-order chi connectivity index (χ1) is 4.84. The molecule has 1 amide bonds. The topological polar surface area (TPSA) is 29.5 Å². The minimum atomic E-state index is -0.0837. The Labute approximate surface area is 59.6 Å². The van der Waals surface area contributed by atoms with E-state index in [1.165, 1.54) is 12.3 Å². The van der Waals surface area contributed by atoms with Crippen LogP contribution in [-0.4, -0.2) is 24.0 Å². The summed E-state index contributed by atoms with van der Waals surface area (Å²) in [5.41, 5.74) is 0. The molecule has 0 atom stereocenters. The molecule has 1 heterocycles. The van der Waals surface area contributed by atoms with Gasteiger partial charge in [0.05, 0.1) is 12.8 Å². The molecule has 0 radical (unpaired) electrons. The van der Waals surface area contributed by atoms with Gasteiger partial charge in [-0.3, -0.25) is 4.79 Å². The summed E-state index contributed by atoms with van der Waals surface area (Å²) in [6.45, 7) is 4.55. The van der Waals surface area contributed by atoms with Crippen LogP contribution < -0.4 is 0 Å². The van der Waals surface area contributed by atoms with Gasteiger partial charge < -0.3 is 9.64 Å². The van der Waals surface area contributed by atoms with E-state index < -0.39 is 0 Å². The second kappa shape index (κ2) is 3.06. The number of hydrogen-bond donors (Lipinski definition) is 0. The minimum Gasteiger partial charge on any atom is -0.498 e. The minimum absolute atomic E-state index is 0.0837. The molecule has 3 heteroatoms. The summed E-state index contributed by atoms with van der Waals surface area (Å²) in [5.74, 6) is -0.0837. The molecule has 0 fully saturated rings. The molecular formula is C7H9NO2. The number of rotatable bonds is 1. The second-order valence-electron chi connectivity index (χ2n) is 1.89. The number of carbonyl (C=O) groups excluding carboxylic acids is 1. The Kier molecular flexibility index (Phi) is 2.10. The molecule has 0 N–H and O–H groups in total. The molecule has 0 saturated carbocycles. The quantitative estimate of drug-likeness (QED) is 0.495. The van der Waals surface area contributed by atoms with E-state index in [2.05, 4.69) is 6.58 Å². The maximum atomic E-state index is 10.9. The van der Waals surface area contributed by atoms with Crippen LogP contribution in [0.2, 0.25) is 0 Å². The van der Waals surface area contributed by atoms with Crippen molar-refractivity contribution in [2.24, 2.45) is 0 Å². The normalized spacial score (nSPS) is 16.2. The number of hydrogen-bond acceptors (Lipinski definition) is 2. The van der Waals surface area contributed by atoms with Gasteiger partial charge in [-0.1, -0.05) is 6.58 Å². The predicted octanol–water partition coefficient (Wildman–Crippen LogP) is 0.502. The lowest BCUT2D eigenvalue weighted by Crippen LogP contribution is -2.29. The molecule has 1 rings (SSSR count). The first-order valence-electron chi connectivity index (χ1n) is 3.06. The standard InChI is InChI=1S/C7H9NO2/c1-2-7(9)8-3-5-10-6-4-8/h2-3,5H,1,4,6H2. The Balaban J connectivity index is 2.54. The van der Waals surface area contributed by atoms with Gasteiger partial charge in [0.1, 0.15) is 6.61 Å². The Bertz CT molecular complexity index is 174. The highest BCUT2D eigenvalue weighted by atomic mass is 16.5. The highest BCUT2D eigenvalue weighted by Crippen LogP contribution is 1.98. The van der Waals surface area contributed by atoms with Crippen LogP contribution in [0.15, 0.2) is 25.1 Å². The zero-order valence-electron chi connectivity index (χ0n) is 5.62. The van der Waals surface area contributed by atoms with Gasteiger partial charge in [-0.15, -0.1) is 0 Å². The lowest BCUT2D eigenvalue weighted by Gasteiger charge is -2.19. The van der Waals surface area contributed by atoms with E-state index in [0.717, 1.165) is 0 Å². The van der Waals surface area contributed by atoms with E-state index >= 15 is 0 Å². The highest BCUT2D eigenvalue weighted by molar-refractivity contribution is 5.87. The van der Waals surface area contributed by atoms with Crippen LogP contribution in [0.4, 0.5) is 0 Å². The Morgan fingerprint density at radius 1 is 1.80 bits per heavy atom. The van der Waals surface area contributed by atoms with Gasteiger partial charge in [0.15, 0.2) is 0 Å². The van der Waals surface area contributed by atoms with Crippen LogP contribution in [0.3, 0.4) is 0 Å². The van der Waals surface area contributed by atoms with Gasteiger partial charge in [0.25, 0.3) is 0 Å². The fraction of sp³-hybridized carbons (Fsp3) is 0.286. The Morgan fingerprint density at radius 2 is 2.60 bits per heavy atom. The van der Waals surface area contributed by atoms with Crippen molar-refractivity contribution in [1.29, 1.82) is 0 Å². The molecule has 3 nitrogen and oxygen atoms in total. The fourth-order valence-corrected chi connectivity index (χ4v) is 0.711. The zero-order chi connectivity index (χ0) is 7.40. The van der Waals surface area contributed by atoms with Crippen molar-refractivity contribution >= 4 is 5.91 Å². The largest absolute Gasteiger partial charge is 0.498 e. The lowest BCUT2D eigenvalue weighted by molar-refractivity contribution is -0.124. The van der Waals surface area contributed by atoms with Gasteiger partial charge in [0.2, 0.25) is 5.91 Å². The molecule has 0 bridgehead atoms. The summed E-state index contributed by atoms with van der Waals surface area (Å²) in [7, 11) is 0. The van der Waals surface area contributed by atoms with Crippen molar-refractivity contribution in [2.75, 3.05) is 13.2 Å². The molecular weight excluding hydrogens is 130 g/mol. The molecule has 0 aliphatic carbocycles. The van der Waals surface area contributed by atoms with Crippen molar-refractivity contribution in [3.05, 3.63) is 25.1 Å². The summed E-state index contributed by atoms with van der Waals surface area (Å²) < 4.78 is 4.89.